The molecule has 3 heteroatoms. The highest BCUT2D eigenvalue weighted by atomic mass is 16.5. The van der Waals surface area contributed by atoms with Crippen LogP contribution in [0.5, 0.6) is 11.5 Å². The van der Waals surface area contributed by atoms with Crippen LogP contribution >= 0.6 is 0 Å². The normalized spacial score (nSPS) is 11.9. The van der Waals surface area contributed by atoms with Crippen LogP contribution in [0.2, 0.25) is 0 Å². The molecule has 0 spiro atoms. The largest absolute Gasteiger partial charge is 0.489 e. The Bertz CT molecular complexity index is 778. The highest BCUT2D eigenvalue weighted by Gasteiger charge is 2.25. The molecular weight excluding hydrogens is 360 g/mol. The first kappa shape index (κ1) is 23.0. The molecule has 29 heavy (non-hydrogen) atoms. The van der Waals surface area contributed by atoms with Gasteiger partial charge in [0.05, 0.1) is 0 Å². The van der Waals surface area contributed by atoms with Crippen molar-refractivity contribution in [3.05, 3.63) is 59.2 Å². The van der Waals surface area contributed by atoms with Crippen LogP contribution in [0.15, 0.2) is 42.5 Å². The van der Waals surface area contributed by atoms with Gasteiger partial charge in [0.15, 0.2) is 0 Å². The molecule has 2 rings (SSSR count). The molecule has 0 atom stereocenters. The number of aldehydes is 1. The maximum Gasteiger partial charge on any atom is 0.150 e. The van der Waals surface area contributed by atoms with Gasteiger partial charge < -0.3 is 9.47 Å². The molecule has 0 heterocycles. The van der Waals surface area contributed by atoms with Crippen molar-refractivity contribution in [2.45, 2.75) is 84.8 Å². The molecule has 0 saturated carbocycles. The van der Waals surface area contributed by atoms with Crippen molar-refractivity contribution >= 4 is 6.29 Å². The van der Waals surface area contributed by atoms with Gasteiger partial charge in [-0.05, 0) is 68.2 Å². The van der Waals surface area contributed by atoms with Crippen molar-refractivity contribution < 1.29 is 14.3 Å². The number of hydrogen-bond acceptors (Lipinski definition) is 3. The SMILES string of the molecule is CCC(C)(C)Oc1cc(C=O)cc(OCc2ccc(C(CC)(CC)CC)cc2)c1. The summed E-state index contributed by atoms with van der Waals surface area (Å²) < 4.78 is 12.0. The first-order chi connectivity index (χ1) is 13.8. The Morgan fingerprint density at radius 1 is 0.828 bits per heavy atom. The summed E-state index contributed by atoms with van der Waals surface area (Å²) in [6.07, 6.45) is 5.13. The molecule has 3 nitrogen and oxygen atoms in total. The molecule has 0 unspecified atom stereocenters. The van der Waals surface area contributed by atoms with E-state index >= 15 is 0 Å². The van der Waals surface area contributed by atoms with Crippen molar-refractivity contribution in [3.63, 3.8) is 0 Å². The van der Waals surface area contributed by atoms with Crippen LogP contribution in [-0.2, 0) is 12.0 Å². The molecule has 2 aromatic rings. The summed E-state index contributed by atoms with van der Waals surface area (Å²) in [7, 11) is 0. The van der Waals surface area contributed by atoms with E-state index in [1.807, 2.05) is 19.9 Å². The minimum absolute atomic E-state index is 0.260. The third-order valence-corrected chi connectivity index (χ3v) is 6.29. The Morgan fingerprint density at radius 3 is 1.93 bits per heavy atom. The maximum absolute atomic E-state index is 11.3. The maximum atomic E-state index is 11.3. The van der Waals surface area contributed by atoms with E-state index < -0.39 is 0 Å². The molecule has 0 N–H and O–H groups in total. The number of benzene rings is 2. The first-order valence-electron chi connectivity index (χ1n) is 10.8. The molecule has 0 bridgehead atoms. The quantitative estimate of drug-likeness (QED) is 0.380. The van der Waals surface area contributed by atoms with Crippen molar-refractivity contribution in [2.24, 2.45) is 0 Å². The topological polar surface area (TPSA) is 35.5 Å². The first-order valence-corrected chi connectivity index (χ1v) is 10.8. The Kier molecular flexibility index (Phi) is 7.89. The molecule has 0 amide bonds. The monoisotopic (exact) mass is 396 g/mol. The fourth-order valence-corrected chi connectivity index (χ4v) is 3.68. The van der Waals surface area contributed by atoms with E-state index in [0.717, 1.165) is 37.5 Å². The van der Waals surface area contributed by atoms with Gasteiger partial charge in [-0.15, -0.1) is 0 Å². The molecule has 0 aliphatic heterocycles. The lowest BCUT2D eigenvalue weighted by atomic mass is 9.74. The van der Waals surface area contributed by atoms with E-state index in [1.54, 1.807) is 12.1 Å². The molecule has 0 radical (unpaired) electrons. The lowest BCUT2D eigenvalue weighted by Crippen LogP contribution is -2.26. The fourth-order valence-electron chi connectivity index (χ4n) is 3.68. The summed E-state index contributed by atoms with van der Waals surface area (Å²) >= 11 is 0. The van der Waals surface area contributed by atoms with Crippen LogP contribution in [0.4, 0.5) is 0 Å². The zero-order valence-corrected chi connectivity index (χ0v) is 18.9. The van der Waals surface area contributed by atoms with Gasteiger partial charge in [0.2, 0.25) is 0 Å². The van der Waals surface area contributed by atoms with E-state index in [4.69, 9.17) is 9.47 Å². The Balaban J connectivity index is 2.14. The van der Waals surface area contributed by atoms with Crippen molar-refractivity contribution in [1.82, 2.24) is 0 Å². The predicted octanol–water partition coefficient (Wildman–Crippen LogP) is 7.11. The number of carbonyl (C=O) groups is 1. The lowest BCUT2D eigenvalue weighted by Gasteiger charge is -2.31. The predicted molar refractivity (Wildman–Crippen MR) is 120 cm³/mol. The van der Waals surface area contributed by atoms with E-state index in [9.17, 15) is 4.79 Å². The molecule has 0 aliphatic rings. The van der Waals surface area contributed by atoms with Crippen LogP contribution in [0.25, 0.3) is 0 Å². The third kappa shape index (κ3) is 5.85. The van der Waals surface area contributed by atoms with Gasteiger partial charge in [0.25, 0.3) is 0 Å². The van der Waals surface area contributed by atoms with E-state index in [2.05, 4.69) is 52.0 Å². The molecule has 2 aromatic carbocycles. The second-order valence-corrected chi connectivity index (χ2v) is 8.40. The minimum Gasteiger partial charge on any atom is -0.489 e. The number of rotatable bonds is 11. The zero-order valence-electron chi connectivity index (χ0n) is 18.9. The second-order valence-electron chi connectivity index (χ2n) is 8.40. The fraction of sp³-hybridized carbons (Fsp3) is 0.500. The minimum atomic E-state index is -0.293. The summed E-state index contributed by atoms with van der Waals surface area (Å²) in [6, 6.07) is 14.1. The Hall–Kier alpha value is -2.29. The summed E-state index contributed by atoms with van der Waals surface area (Å²) in [5.41, 5.74) is 3.03. The highest BCUT2D eigenvalue weighted by Crippen LogP contribution is 2.35. The molecule has 0 fully saturated rings. The highest BCUT2D eigenvalue weighted by molar-refractivity contribution is 5.76. The lowest BCUT2D eigenvalue weighted by molar-refractivity contribution is 0.103. The van der Waals surface area contributed by atoms with E-state index in [1.165, 1.54) is 5.56 Å². The third-order valence-electron chi connectivity index (χ3n) is 6.29. The smallest absolute Gasteiger partial charge is 0.150 e. The Morgan fingerprint density at radius 2 is 1.41 bits per heavy atom. The summed E-state index contributed by atoms with van der Waals surface area (Å²) in [6.45, 7) is 13.4. The zero-order chi connectivity index (χ0) is 21.5. The Labute approximate surface area is 176 Å². The standard InChI is InChI=1S/C26H36O3/c1-7-25(5,6)29-24-16-21(18-27)15-23(17-24)28-19-20-11-13-22(14-12-20)26(8-2,9-3)10-4/h11-18H,7-10,19H2,1-6H3. The van der Waals surface area contributed by atoms with Crippen molar-refractivity contribution in [1.29, 1.82) is 0 Å². The van der Waals surface area contributed by atoms with Crippen LogP contribution in [0, 0.1) is 0 Å². The van der Waals surface area contributed by atoms with Crippen molar-refractivity contribution in [2.75, 3.05) is 0 Å². The van der Waals surface area contributed by atoms with Gasteiger partial charge >= 0.3 is 0 Å². The van der Waals surface area contributed by atoms with Crippen LogP contribution < -0.4 is 9.47 Å². The van der Waals surface area contributed by atoms with Gasteiger partial charge in [-0.2, -0.15) is 0 Å². The van der Waals surface area contributed by atoms with Gasteiger partial charge in [-0.3, -0.25) is 4.79 Å². The van der Waals surface area contributed by atoms with Crippen LogP contribution in [0.1, 0.15) is 88.7 Å². The van der Waals surface area contributed by atoms with Crippen LogP contribution in [0.3, 0.4) is 0 Å². The van der Waals surface area contributed by atoms with Gasteiger partial charge in [-0.1, -0.05) is 52.0 Å². The molecular formula is C26H36O3. The van der Waals surface area contributed by atoms with Crippen molar-refractivity contribution in [3.8, 4) is 11.5 Å². The summed E-state index contributed by atoms with van der Waals surface area (Å²) in [4.78, 5) is 11.3. The average molecular weight is 397 g/mol. The summed E-state index contributed by atoms with van der Waals surface area (Å²) in [5.74, 6) is 1.30. The van der Waals surface area contributed by atoms with Gasteiger partial charge in [-0.25, -0.2) is 0 Å². The van der Waals surface area contributed by atoms with Gasteiger partial charge in [0.1, 0.15) is 30.0 Å². The molecule has 158 valence electrons. The van der Waals surface area contributed by atoms with E-state index in [-0.39, 0.29) is 11.0 Å². The molecule has 0 saturated heterocycles. The summed E-state index contributed by atoms with van der Waals surface area (Å²) in [5, 5.41) is 0. The average Bonchev–Trinajstić information content (AvgIpc) is 2.74. The number of ether oxygens (including phenoxy) is 2. The number of carbonyl (C=O) groups excluding carboxylic acids is 1. The molecule has 0 aliphatic carbocycles. The van der Waals surface area contributed by atoms with Gasteiger partial charge in [0, 0.05) is 11.6 Å². The van der Waals surface area contributed by atoms with Crippen LogP contribution in [-0.4, -0.2) is 11.9 Å². The number of hydrogen-bond donors (Lipinski definition) is 0. The second kappa shape index (κ2) is 9.96. The van der Waals surface area contributed by atoms with E-state index in [0.29, 0.717) is 23.7 Å². The molecule has 0 aromatic heterocycles.